The third-order valence-electron chi connectivity index (χ3n) is 1.34. The molecule has 1 aromatic rings. The maximum Gasteiger partial charge on any atom is 0.0823 e. The first-order valence-electron chi connectivity index (χ1n) is 3.48. The molecule has 0 amide bonds. The zero-order chi connectivity index (χ0) is 9.56. The average molecular weight is 189 g/mol. The van der Waals surface area contributed by atoms with Crippen molar-refractivity contribution in [1.29, 1.82) is 0 Å². The van der Waals surface area contributed by atoms with Crippen LogP contribution >= 0.6 is 11.6 Å². The summed E-state index contributed by atoms with van der Waals surface area (Å²) < 4.78 is 0. The normalized spacial score (nSPS) is 8.42. The van der Waals surface area contributed by atoms with Gasteiger partial charge in [-0.05, 0) is 12.5 Å². The second kappa shape index (κ2) is 5.80. The molecule has 0 aliphatic carbocycles. The zero-order valence-corrected chi connectivity index (χ0v) is 8.18. The van der Waals surface area contributed by atoms with Gasteiger partial charge in [0.05, 0.1) is 10.7 Å². The number of aliphatic hydroxyl groups is 1. The molecule has 0 aliphatic heterocycles. The van der Waals surface area contributed by atoms with Crippen LogP contribution in [0.3, 0.4) is 0 Å². The first kappa shape index (κ1) is 11.2. The van der Waals surface area contributed by atoms with Crippen LogP contribution in [0.15, 0.2) is 12.4 Å². The molecule has 1 heterocycles. The summed E-state index contributed by atoms with van der Waals surface area (Å²) >= 11 is 5.80. The number of aromatic nitrogens is 1. The van der Waals surface area contributed by atoms with Gasteiger partial charge in [0.15, 0.2) is 0 Å². The van der Waals surface area contributed by atoms with Crippen molar-refractivity contribution in [3.8, 4) is 0 Å². The molecule has 0 saturated heterocycles. The van der Waals surface area contributed by atoms with Gasteiger partial charge < -0.3 is 10.4 Å². The van der Waals surface area contributed by atoms with E-state index in [0.29, 0.717) is 5.02 Å². The van der Waals surface area contributed by atoms with Crippen LogP contribution in [0.5, 0.6) is 0 Å². The molecule has 0 fully saturated rings. The van der Waals surface area contributed by atoms with Gasteiger partial charge in [0.25, 0.3) is 0 Å². The van der Waals surface area contributed by atoms with Crippen molar-refractivity contribution in [2.24, 2.45) is 0 Å². The lowest BCUT2D eigenvalue weighted by Crippen LogP contribution is -1.92. The summed E-state index contributed by atoms with van der Waals surface area (Å²) in [6.45, 7) is 1.96. The maximum absolute atomic E-state index is 7.00. The van der Waals surface area contributed by atoms with Crippen LogP contribution in [0, 0.1) is 6.92 Å². The molecular formula is C8H13ClN2O. The van der Waals surface area contributed by atoms with Gasteiger partial charge in [-0.1, -0.05) is 11.6 Å². The van der Waals surface area contributed by atoms with Crippen molar-refractivity contribution in [2.45, 2.75) is 6.92 Å². The molecule has 0 unspecified atom stereocenters. The second-order valence-corrected chi connectivity index (χ2v) is 2.47. The first-order valence-corrected chi connectivity index (χ1v) is 3.86. The highest BCUT2D eigenvalue weighted by Gasteiger charge is 1.99. The van der Waals surface area contributed by atoms with Gasteiger partial charge in [-0.3, -0.25) is 4.98 Å². The van der Waals surface area contributed by atoms with Crippen LogP contribution in [0.25, 0.3) is 0 Å². The average Bonchev–Trinajstić information content (AvgIpc) is 2.08. The minimum Gasteiger partial charge on any atom is -0.400 e. The summed E-state index contributed by atoms with van der Waals surface area (Å²) in [7, 11) is 2.84. The number of pyridine rings is 1. The predicted molar refractivity (Wildman–Crippen MR) is 51.7 cm³/mol. The lowest BCUT2D eigenvalue weighted by atomic mass is 10.3. The van der Waals surface area contributed by atoms with E-state index < -0.39 is 0 Å². The van der Waals surface area contributed by atoms with Crippen LogP contribution < -0.4 is 5.32 Å². The largest absolute Gasteiger partial charge is 0.400 e. The Bertz CT molecular complexity index is 220. The molecule has 4 heteroatoms. The van der Waals surface area contributed by atoms with E-state index in [2.05, 4.69) is 10.3 Å². The predicted octanol–water partition coefficient (Wildman–Crippen LogP) is 1.69. The summed E-state index contributed by atoms with van der Waals surface area (Å²) in [4.78, 5) is 3.92. The summed E-state index contributed by atoms with van der Waals surface area (Å²) in [5.74, 6) is 0. The van der Waals surface area contributed by atoms with Crippen LogP contribution in [0.2, 0.25) is 5.02 Å². The van der Waals surface area contributed by atoms with Gasteiger partial charge in [-0.2, -0.15) is 0 Å². The van der Waals surface area contributed by atoms with Gasteiger partial charge in [0.2, 0.25) is 0 Å². The van der Waals surface area contributed by atoms with Crippen molar-refractivity contribution < 1.29 is 5.11 Å². The summed E-state index contributed by atoms with van der Waals surface area (Å²) in [6, 6.07) is 0. The van der Waals surface area contributed by atoms with Crippen LogP contribution in [0.4, 0.5) is 5.69 Å². The highest BCUT2D eigenvalue weighted by atomic mass is 35.5. The molecule has 68 valence electrons. The number of aryl methyl sites for hydroxylation is 1. The minimum atomic E-state index is 0.669. The van der Waals surface area contributed by atoms with E-state index in [9.17, 15) is 0 Å². The molecule has 1 rings (SSSR count). The Labute approximate surface area is 77.4 Å². The van der Waals surface area contributed by atoms with Gasteiger partial charge >= 0.3 is 0 Å². The van der Waals surface area contributed by atoms with Crippen LogP contribution in [0.1, 0.15) is 5.56 Å². The smallest absolute Gasteiger partial charge is 0.0823 e. The van der Waals surface area contributed by atoms with Crippen molar-refractivity contribution >= 4 is 17.3 Å². The van der Waals surface area contributed by atoms with Gasteiger partial charge in [0.1, 0.15) is 0 Å². The highest BCUT2D eigenvalue weighted by molar-refractivity contribution is 6.33. The van der Waals surface area contributed by atoms with E-state index in [0.717, 1.165) is 18.4 Å². The standard InChI is InChI=1S/C7H9ClN2.CH4O/c1-5-3-10-4-6(8)7(5)9-2;1-2/h3-4H,1-2H3,(H,9,10);2H,1H3. The Morgan fingerprint density at radius 2 is 2.00 bits per heavy atom. The quantitative estimate of drug-likeness (QED) is 0.705. The molecule has 0 radical (unpaired) electrons. The lowest BCUT2D eigenvalue weighted by Gasteiger charge is -2.04. The Morgan fingerprint density at radius 3 is 2.33 bits per heavy atom. The monoisotopic (exact) mass is 188 g/mol. The number of hydrogen-bond acceptors (Lipinski definition) is 3. The molecule has 0 aliphatic rings. The molecule has 0 atom stereocenters. The van der Waals surface area contributed by atoms with Crippen molar-refractivity contribution in [3.05, 3.63) is 23.0 Å². The summed E-state index contributed by atoms with van der Waals surface area (Å²) in [5, 5.41) is 10.7. The molecule has 1 aromatic heterocycles. The molecular weight excluding hydrogens is 176 g/mol. The van der Waals surface area contributed by atoms with E-state index in [1.165, 1.54) is 0 Å². The van der Waals surface area contributed by atoms with Crippen molar-refractivity contribution in [1.82, 2.24) is 4.98 Å². The Morgan fingerprint density at radius 1 is 1.42 bits per heavy atom. The highest BCUT2D eigenvalue weighted by Crippen LogP contribution is 2.22. The number of anilines is 1. The fraction of sp³-hybridized carbons (Fsp3) is 0.375. The number of halogens is 1. The second-order valence-electron chi connectivity index (χ2n) is 2.06. The SMILES string of the molecule is CNc1c(C)cncc1Cl.CO. The lowest BCUT2D eigenvalue weighted by molar-refractivity contribution is 0.399. The van der Waals surface area contributed by atoms with Crippen LogP contribution in [-0.2, 0) is 0 Å². The maximum atomic E-state index is 7.00. The summed E-state index contributed by atoms with van der Waals surface area (Å²) in [6.07, 6.45) is 3.40. The topological polar surface area (TPSA) is 45.2 Å². The first-order chi connectivity index (χ1) is 5.75. The fourth-order valence-electron chi connectivity index (χ4n) is 0.849. The number of nitrogens with one attached hydrogen (secondary N) is 1. The molecule has 2 N–H and O–H groups in total. The van der Waals surface area contributed by atoms with E-state index in [1.807, 2.05) is 14.0 Å². The number of rotatable bonds is 1. The van der Waals surface area contributed by atoms with Crippen molar-refractivity contribution in [3.63, 3.8) is 0 Å². The Balaban J connectivity index is 0.000000561. The molecule has 3 nitrogen and oxygen atoms in total. The van der Waals surface area contributed by atoms with E-state index in [1.54, 1.807) is 12.4 Å². The Hall–Kier alpha value is -0.800. The zero-order valence-electron chi connectivity index (χ0n) is 7.43. The van der Waals surface area contributed by atoms with Crippen molar-refractivity contribution in [2.75, 3.05) is 19.5 Å². The molecule has 0 bridgehead atoms. The van der Waals surface area contributed by atoms with Gasteiger partial charge in [-0.15, -0.1) is 0 Å². The third-order valence-corrected chi connectivity index (χ3v) is 1.63. The molecule has 12 heavy (non-hydrogen) atoms. The molecule has 0 aromatic carbocycles. The Kier molecular flexibility index (Phi) is 5.41. The minimum absolute atomic E-state index is 0.669. The van der Waals surface area contributed by atoms with E-state index in [-0.39, 0.29) is 0 Å². The van der Waals surface area contributed by atoms with Gasteiger partial charge in [0, 0.05) is 26.6 Å². The molecule has 0 saturated carbocycles. The number of nitrogens with zero attached hydrogens (tertiary/aromatic N) is 1. The van der Waals surface area contributed by atoms with E-state index in [4.69, 9.17) is 16.7 Å². The third kappa shape index (κ3) is 2.68. The number of hydrogen-bond donors (Lipinski definition) is 2. The van der Waals surface area contributed by atoms with E-state index >= 15 is 0 Å². The number of aliphatic hydroxyl groups excluding tert-OH is 1. The molecule has 0 spiro atoms. The van der Waals surface area contributed by atoms with Gasteiger partial charge in [-0.25, -0.2) is 0 Å². The summed E-state index contributed by atoms with van der Waals surface area (Å²) in [5.41, 5.74) is 2.02. The fourth-order valence-corrected chi connectivity index (χ4v) is 1.15. The van der Waals surface area contributed by atoms with Crippen LogP contribution in [-0.4, -0.2) is 24.2 Å².